The number of aliphatic carboxylic acids is 2. The Balaban J connectivity index is 0.00000143. The van der Waals surface area contributed by atoms with Crippen molar-refractivity contribution in [2.24, 2.45) is 5.73 Å². The first kappa shape index (κ1) is 31.5. The average Bonchev–Trinajstić information content (AvgIpc) is 2.73. The van der Waals surface area contributed by atoms with Gasteiger partial charge in [-0.3, -0.25) is 15.0 Å². The fraction of sp³-hybridized carbons (Fsp3) is 0.650. The maximum Gasteiger partial charge on any atom is 0.490 e. The van der Waals surface area contributed by atoms with E-state index < -0.39 is 59.8 Å². The lowest BCUT2D eigenvalue weighted by molar-refractivity contribution is -0.192. The van der Waals surface area contributed by atoms with Crippen LogP contribution in [0.2, 0.25) is 0 Å². The molecule has 7 N–H and O–H groups in total. The van der Waals surface area contributed by atoms with Crippen LogP contribution in [0.25, 0.3) is 0 Å². The lowest BCUT2D eigenvalue weighted by Gasteiger charge is -2.38. The van der Waals surface area contributed by atoms with E-state index in [2.05, 4.69) is 10.6 Å². The quantitative estimate of drug-likeness (QED) is 0.181. The Labute approximate surface area is 200 Å². The molecule has 0 aliphatic carbocycles. The minimum Gasteiger partial charge on any atom is -0.475 e. The average molecular weight is 511 g/mol. The largest absolute Gasteiger partial charge is 0.490 e. The van der Waals surface area contributed by atoms with Gasteiger partial charge in [0.1, 0.15) is 0 Å². The van der Waals surface area contributed by atoms with Crippen LogP contribution in [0.5, 0.6) is 0 Å². The molecule has 12 nitrogen and oxygen atoms in total. The molecule has 1 aliphatic rings. The fourth-order valence-electron chi connectivity index (χ4n) is 2.95. The van der Waals surface area contributed by atoms with E-state index in [0.29, 0.717) is 13.1 Å². The number of halogens is 3. The van der Waals surface area contributed by atoms with E-state index in [4.69, 9.17) is 25.8 Å². The highest BCUT2D eigenvalue weighted by atomic mass is 19.4. The Bertz CT molecular complexity index is 796. The number of unbranched alkanes of at least 4 members (excludes halogenated alkanes) is 2. The normalized spacial score (nSPS) is 19.1. The van der Waals surface area contributed by atoms with Gasteiger partial charge >= 0.3 is 18.1 Å². The van der Waals surface area contributed by atoms with Crippen LogP contribution < -0.4 is 16.4 Å². The molecule has 3 atom stereocenters. The lowest BCUT2D eigenvalue weighted by Crippen LogP contribution is -2.63. The zero-order valence-electron chi connectivity index (χ0n) is 19.6. The van der Waals surface area contributed by atoms with Crippen LogP contribution in [0.3, 0.4) is 0 Å². The molecule has 0 radical (unpaired) electrons. The standard InChI is InChI=1S/C18H31N5O5.C2HF3O2/c1-4-6-8-23(9-7-5-2)16(25)15-14(21-11(3)24)12(22-18(19)20)10-13(28-15)17(26)27;3-2(4,5)1(6)7/h10,12,14-15H,4-9H2,1-3H3,(H,21,24)(H,26,27)(H4,19,20,22);(H,6,7)/t12-,14+,15+;/m0./s1. The van der Waals surface area contributed by atoms with Gasteiger partial charge in [0.05, 0.1) is 12.1 Å². The number of carbonyl (C=O) groups is 4. The van der Waals surface area contributed by atoms with Crippen molar-refractivity contribution in [2.75, 3.05) is 13.1 Å². The summed E-state index contributed by atoms with van der Waals surface area (Å²) in [5, 5.41) is 29.2. The van der Waals surface area contributed by atoms with Crippen molar-refractivity contribution in [3.05, 3.63) is 11.8 Å². The smallest absolute Gasteiger partial charge is 0.475 e. The summed E-state index contributed by atoms with van der Waals surface area (Å²) in [4.78, 5) is 46.9. The van der Waals surface area contributed by atoms with Gasteiger partial charge in [0.2, 0.25) is 11.7 Å². The van der Waals surface area contributed by atoms with Crippen LogP contribution in [0.4, 0.5) is 13.2 Å². The zero-order chi connectivity index (χ0) is 27.3. The van der Waals surface area contributed by atoms with Crippen LogP contribution in [0.1, 0.15) is 46.5 Å². The third kappa shape index (κ3) is 11.4. The van der Waals surface area contributed by atoms with Crippen LogP contribution in [-0.4, -0.2) is 82.3 Å². The fourth-order valence-corrected chi connectivity index (χ4v) is 2.95. The number of ether oxygens (including phenoxy) is 1. The van der Waals surface area contributed by atoms with Gasteiger partial charge in [-0.2, -0.15) is 13.2 Å². The molecule has 15 heteroatoms. The Morgan fingerprint density at radius 1 is 1.11 bits per heavy atom. The van der Waals surface area contributed by atoms with Gasteiger partial charge in [0.15, 0.2) is 12.1 Å². The summed E-state index contributed by atoms with van der Waals surface area (Å²) in [7, 11) is 0. The van der Waals surface area contributed by atoms with E-state index >= 15 is 0 Å². The summed E-state index contributed by atoms with van der Waals surface area (Å²) >= 11 is 0. The molecule has 0 aromatic rings. The first-order chi connectivity index (χ1) is 16.1. The molecule has 0 spiro atoms. The van der Waals surface area contributed by atoms with E-state index in [1.54, 1.807) is 4.90 Å². The van der Waals surface area contributed by atoms with E-state index in [9.17, 15) is 32.7 Å². The molecule has 0 unspecified atom stereocenters. The van der Waals surface area contributed by atoms with Crippen molar-refractivity contribution in [3.8, 4) is 0 Å². The maximum absolute atomic E-state index is 13.2. The lowest BCUT2D eigenvalue weighted by atomic mass is 9.96. The topological polar surface area (TPSA) is 195 Å². The Morgan fingerprint density at radius 3 is 1.94 bits per heavy atom. The van der Waals surface area contributed by atoms with Gasteiger partial charge in [0, 0.05) is 20.0 Å². The maximum atomic E-state index is 13.2. The monoisotopic (exact) mass is 511 g/mol. The summed E-state index contributed by atoms with van der Waals surface area (Å²) in [6.45, 7) is 6.34. The van der Waals surface area contributed by atoms with Crippen molar-refractivity contribution in [2.45, 2.75) is 70.8 Å². The second-order valence-corrected chi connectivity index (χ2v) is 7.52. The zero-order valence-corrected chi connectivity index (χ0v) is 19.6. The van der Waals surface area contributed by atoms with Crippen molar-refractivity contribution in [1.82, 2.24) is 15.5 Å². The number of carboxylic acid groups (broad SMARTS) is 2. The number of guanidine groups is 1. The first-order valence-corrected chi connectivity index (χ1v) is 10.7. The Hall–Kier alpha value is -3.52. The molecule has 200 valence electrons. The van der Waals surface area contributed by atoms with Gasteiger partial charge in [-0.05, 0) is 18.9 Å². The van der Waals surface area contributed by atoms with Crippen LogP contribution in [0.15, 0.2) is 11.8 Å². The van der Waals surface area contributed by atoms with Gasteiger partial charge in [-0.1, -0.05) is 26.7 Å². The van der Waals surface area contributed by atoms with Crippen molar-refractivity contribution in [1.29, 1.82) is 5.41 Å². The van der Waals surface area contributed by atoms with Crippen molar-refractivity contribution in [3.63, 3.8) is 0 Å². The number of rotatable bonds is 10. The number of nitrogens with zero attached hydrogens (tertiary/aromatic N) is 1. The van der Waals surface area contributed by atoms with Gasteiger partial charge in [-0.25, -0.2) is 9.59 Å². The van der Waals surface area contributed by atoms with E-state index in [1.807, 2.05) is 13.8 Å². The molecule has 0 aromatic heterocycles. The molecular weight excluding hydrogens is 479 g/mol. The molecule has 1 rings (SSSR count). The highest BCUT2D eigenvalue weighted by molar-refractivity contribution is 5.89. The minimum atomic E-state index is -5.08. The van der Waals surface area contributed by atoms with E-state index in [-0.39, 0.29) is 0 Å². The number of alkyl halides is 3. The van der Waals surface area contributed by atoms with Crippen molar-refractivity contribution >= 4 is 29.7 Å². The van der Waals surface area contributed by atoms with Crippen LogP contribution >= 0.6 is 0 Å². The molecule has 1 heterocycles. The Kier molecular flexibility index (Phi) is 13.2. The molecule has 0 saturated carbocycles. The summed E-state index contributed by atoms with van der Waals surface area (Å²) in [5.41, 5.74) is 5.40. The molecular formula is C20H32F3N5O7. The molecule has 35 heavy (non-hydrogen) atoms. The SMILES string of the molecule is CCCCN(CCCC)C(=O)[C@@H]1OC(C(=O)O)=C[C@H](NC(=N)N)[C@H]1NC(C)=O.O=C(O)C(F)(F)F. The Morgan fingerprint density at radius 2 is 1.60 bits per heavy atom. The molecule has 1 aliphatic heterocycles. The number of carboxylic acids is 2. The summed E-state index contributed by atoms with van der Waals surface area (Å²) in [6.07, 6.45) is -1.74. The second-order valence-electron chi connectivity index (χ2n) is 7.52. The predicted molar refractivity (Wildman–Crippen MR) is 117 cm³/mol. The molecule has 2 amide bonds. The third-order valence-corrected chi connectivity index (χ3v) is 4.56. The van der Waals surface area contributed by atoms with Gasteiger partial charge in [-0.15, -0.1) is 0 Å². The highest BCUT2D eigenvalue weighted by Gasteiger charge is 2.43. The molecule has 0 aromatic carbocycles. The van der Waals surface area contributed by atoms with E-state index in [1.165, 1.54) is 13.0 Å². The number of carbonyl (C=O) groups excluding carboxylic acids is 2. The molecule has 0 saturated heterocycles. The number of nitrogens with two attached hydrogens (primary N) is 1. The number of hydrogen-bond acceptors (Lipinski definition) is 6. The van der Waals surface area contributed by atoms with Crippen LogP contribution in [0, 0.1) is 5.41 Å². The second kappa shape index (κ2) is 14.7. The predicted octanol–water partition coefficient (Wildman–Crippen LogP) is 0.772. The number of nitrogens with one attached hydrogen (secondary N) is 3. The van der Waals surface area contributed by atoms with Gasteiger partial charge in [0.25, 0.3) is 5.91 Å². The summed E-state index contributed by atoms with van der Waals surface area (Å²) in [5.74, 6) is -5.76. The van der Waals surface area contributed by atoms with Gasteiger partial charge < -0.3 is 36.2 Å². The molecule has 0 fully saturated rings. The van der Waals surface area contributed by atoms with Crippen LogP contribution in [-0.2, 0) is 23.9 Å². The minimum absolute atomic E-state index is 0.400. The molecule has 0 bridgehead atoms. The number of amides is 2. The number of hydrogen-bond donors (Lipinski definition) is 6. The third-order valence-electron chi connectivity index (χ3n) is 4.56. The van der Waals surface area contributed by atoms with E-state index in [0.717, 1.165) is 25.7 Å². The highest BCUT2D eigenvalue weighted by Crippen LogP contribution is 2.21. The van der Waals surface area contributed by atoms with Crippen molar-refractivity contribution < 1.29 is 47.3 Å². The first-order valence-electron chi connectivity index (χ1n) is 10.7. The summed E-state index contributed by atoms with van der Waals surface area (Å²) in [6, 6.07) is -1.79. The summed E-state index contributed by atoms with van der Waals surface area (Å²) < 4.78 is 37.2.